The van der Waals surface area contributed by atoms with Crippen LogP contribution in [0.4, 0.5) is 0 Å². The molecule has 0 aromatic carbocycles. The van der Waals surface area contributed by atoms with Gasteiger partial charge in [-0.2, -0.15) is 5.48 Å². The van der Waals surface area contributed by atoms with Gasteiger partial charge in [-0.15, -0.1) is 11.6 Å². The number of alkyl halides is 1. The molecule has 2 unspecified atom stereocenters. The maximum atomic E-state index is 10.2. The zero-order chi connectivity index (χ0) is 8.43. The summed E-state index contributed by atoms with van der Waals surface area (Å²) < 4.78 is 0. The summed E-state index contributed by atoms with van der Waals surface area (Å²) >= 11 is 5.53. The third-order valence-electron chi connectivity index (χ3n) is 1.31. The van der Waals surface area contributed by atoms with E-state index >= 15 is 0 Å². The van der Waals surface area contributed by atoms with Crippen LogP contribution in [0.3, 0.4) is 0 Å². The quantitative estimate of drug-likeness (QED) is 0.315. The Hall–Kier alpha value is -0.650. The summed E-state index contributed by atoms with van der Waals surface area (Å²) in [6, 6.07) is 0. The van der Waals surface area contributed by atoms with Crippen molar-refractivity contribution in [1.29, 1.82) is 5.41 Å². The maximum Gasteiger partial charge on any atom is 0.352 e. The molecule has 6 heteroatoms. The molecule has 11 heavy (non-hydrogen) atoms. The highest BCUT2D eigenvalue weighted by atomic mass is 35.5. The van der Waals surface area contributed by atoms with Crippen molar-refractivity contribution in [2.75, 3.05) is 0 Å². The van der Waals surface area contributed by atoms with Crippen LogP contribution in [0, 0.1) is 5.41 Å². The molecule has 1 heterocycles. The first-order chi connectivity index (χ1) is 5.11. The molecule has 0 spiro atoms. The number of carboxylic acid groups (broad SMARTS) is 1. The summed E-state index contributed by atoms with van der Waals surface area (Å²) in [5.41, 5.74) is 1.49. The fourth-order valence-electron chi connectivity index (χ4n) is 0.755. The van der Waals surface area contributed by atoms with Gasteiger partial charge in [-0.05, 0) is 0 Å². The van der Waals surface area contributed by atoms with E-state index in [2.05, 4.69) is 5.48 Å². The van der Waals surface area contributed by atoms with E-state index < -0.39 is 23.3 Å². The van der Waals surface area contributed by atoms with Crippen molar-refractivity contribution in [2.45, 2.75) is 18.0 Å². The Morgan fingerprint density at radius 3 is 2.82 bits per heavy atom. The van der Waals surface area contributed by atoms with Crippen LogP contribution in [0.25, 0.3) is 0 Å². The minimum absolute atomic E-state index is 0.312. The van der Waals surface area contributed by atoms with Gasteiger partial charge in [-0.3, -0.25) is 10.2 Å². The van der Waals surface area contributed by atoms with E-state index in [1.54, 1.807) is 0 Å². The zero-order valence-corrected chi connectivity index (χ0v) is 6.26. The summed E-state index contributed by atoms with van der Waals surface area (Å²) in [6.45, 7) is 0. The molecule has 0 aliphatic carbocycles. The minimum atomic E-state index is -1.28. The van der Waals surface area contributed by atoms with Crippen LogP contribution < -0.4 is 5.48 Å². The molecule has 0 radical (unpaired) electrons. The summed E-state index contributed by atoms with van der Waals surface area (Å²) in [4.78, 5) is 14.9. The molecule has 5 nitrogen and oxygen atoms in total. The highest BCUT2D eigenvalue weighted by molar-refractivity contribution is 6.36. The third-order valence-corrected chi connectivity index (χ3v) is 1.58. The molecule has 0 bridgehead atoms. The lowest BCUT2D eigenvalue weighted by atomic mass is 10.2. The second-order valence-electron chi connectivity index (χ2n) is 2.15. The molecule has 0 aromatic rings. The third kappa shape index (κ3) is 1.89. The van der Waals surface area contributed by atoms with E-state index in [0.717, 1.165) is 0 Å². The van der Waals surface area contributed by atoms with Gasteiger partial charge < -0.3 is 5.11 Å². The molecule has 2 atom stereocenters. The first kappa shape index (κ1) is 8.45. The Kier molecular flexibility index (Phi) is 2.43. The fraction of sp³-hybridized carbons (Fsp3) is 0.600. The zero-order valence-electron chi connectivity index (χ0n) is 5.50. The van der Waals surface area contributed by atoms with Gasteiger partial charge in [0.25, 0.3) is 0 Å². The topological polar surface area (TPSA) is 82.4 Å². The van der Waals surface area contributed by atoms with E-state index in [-0.39, 0.29) is 0 Å². The van der Waals surface area contributed by atoms with Crippen molar-refractivity contribution >= 4 is 23.3 Å². The molecular formula is C5H7ClN2O3. The van der Waals surface area contributed by atoms with Crippen LogP contribution in [-0.4, -0.2) is 28.4 Å². The number of aliphatic carboxylic acids is 1. The Morgan fingerprint density at radius 1 is 1.82 bits per heavy atom. The van der Waals surface area contributed by atoms with E-state index in [4.69, 9.17) is 27.0 Å². The van der Waals surface area contributed by atoms with Gasteiger partial charge in [0.15, 0.2) is 0 Å². The van der Waals surface area contributed by atoms with Crippen molar-refractivity contribution < 1.29 is 14.7 Å². The first-order valence-corrected chi connectivity index (χ1v) is 3.42. The Bertz CT molecular complexity index is 196. The van der Waals surface area contributed by atoms with Gasteiger partial charge in [0.1, 0.15) is 17.3 Å². The molecule has 62 valence electrons. The normalized spacial score (nSPS) is 30.3. The highest BCUT2D eigenvalue weighted by Crippen LogP contribution is 2.14. The fourth-order valence-corrected chi connectivity index (χ4v) is 0.968. The van der Waals surface area contributed by atoms with Crippen molar-refractivity contribution in [2.24, 2.45) is 0 Å². The van der Waals surface area contributed by atoms with Crippen LogP contribution in [0.1, 0.15) is 6.42 Å². The monoisotopic (exact) mass is 178 g/mol. The van der Waals surface area contributed by atoms with Crippen molar-refractivity contribution in [1.82, 2.24) is 5.48 Å². The number of carboxylic acids is 1. The van der Waals surface area contributed by atoms with E-state index in [0.29, 0.717) is 6.42 Å². The Morgan fingerprint density at radius 2 is 2.45 bits per heavy atom. The summed E-state index contributed by atoms with van der Waals surface area (Å²) in [6.07, 6.45) is -0.415. The molecule has 3 N–H and O–H groups in total. The number of hydrogen-bond acceptors (Lipinski definition) is 4. The van der Waals surface area contributed by atoms with Gasteiger partial charge >= 0.3 is 5.97 Å². The molecule has 1 rings (SSSR count). The van der Waals surface area contributed by atoms with Gasteiger partial charge in [0, 0.05) is 6.42 Å². The van der Waals surface area contributed by atoms with Gasteiger partial charge in [0.2, 0.25) is 0 Å². The first-order valence-electron chi connectivity index (χ1n) is 2.98. The maximum absolute atomic E-state index is 10.2. The lowest BCUT2D eigenvalue weighted by Gasteiger charge is -2.03. The average molecular weight is 179 g/mol. The number of carbonyl (C=O) groups is 1. The molecule has 1 fully saturated rings. The van der Waals surface area contributed by atoms with Crippen LogP contribution in [0.2, 0.25) is 0 Å². The molecule has 0 aromatic heterocycles. The highest BCUT2D eigenvalue weighted by Gasteiger charge is 2.30. The molecule has 0 amide bonds. The number of hydrogen-bond donors (Lipinski definition) is 3. The Labute approximate surface area is 67.8 Å². The predicted molar refractivity (Wildman–Crippen MR) is 37.6 cm³/mol. The second-order valence-corrected chi connectivity index (χ2v) is 2.67. The molecule has 0 saturated carbocycles. The number of halogens is 1. The van der Waals surface area contributed by atoms with Crippen molar-refractivity contribution in [3.05, 3.63) is 0 Å². The van der Waals surface area contributed by atoms with Crippen LogP contribution in [0.15, 0.2) is 0 Å². The molecule has 1 saturated heterocycles. The standard InChI is InChI=1S/C5H7ClN2O3/c6-3-1-2(11-8-3)4(7)5(9)10/h2-3,7-8H,1H2,(H,9,10). The number of rotatable bonds is 2. The summed E-state index contributed by atoms with van der Waals surface area (Å²) in [7, 11) is 0. The van der Waals surface area contributed by atoms with Crippen molar-refractivity contribution in [3.8, 4) is 0 Å². The lowest BCUT2D eigenvalue weighted by molar-refractivity contribution is -0.130. The second kappa shape index (κ2) is 3.17. The van der Waals surface area contributed by atoms with Crippen LogP contribution >= 0.6 is 11.6 Å². The summed E-state index contributed by atoms with van der Waals surface area (Å²) in [5, 5.41) is 15.4. The number of hydroxylamine groups is 1. The predicted octanol–water partition coefficient (Wildman–Crippen LogP) is -0.0508. The Balaban J connectivity index is 2.50. The summed E-state index contributed by atoms with van der Waals surface area (Å²) in [5.74, 6) is -1.28. The molecular weight excluding hydrogens is 172 g/mol. The lowest BCUT2D eigenvalue weighted by Crippen LogP contribution is -2.27. The van der Waals surface area contributed by atoms with Gasteiger partial charge in [-0.25, -0.2) is 4.79 Å². The molecule has 1 aliphatic heterocycles. The van der Waals surface area contributed by atoms with E-state index in [9.17, 15) is 4.79 Å². The minimum Gasteiger partial charge on any atom is -0.477 e. The van der Waals surface area contributed by atoms with Gasteiger partial charge in [-0.1, -0.05) is 0 Å². The van der Waals surface area contributed by atoms with E-state index in [1.165, 1.54) is 0 Å². The van der Waals surface area contributed by atoms with Crippen LogP contribution in [0.5, 0.6) is 0 Å². The SMILES string of the molecule is N=C(C(=O)O)C1CC(Cl)NO1. The average Bonchev–Trinajstić information content (AvgIpc) is 2.34. The molecule has 1 aliphatic rings. The smallest absolute Gasteiger partial charge is 0.352 e. The number of nitrogens with one attached hydrogen (secondary N) is 2. The van der Waals surface area contributed by atoms with Gasteiger partial charge in [0.05, 0.1) is 0 Å². The van der Waals surface area contributed by atoms with Crippen LogP contribution in [-0.2, 0) is 9.63 Å². The van der Waals surface area contributed by atoms with E-state index in [1.807, 2.05) is 0 Å². The largest absolute Gasteiger partial charge is 0.477 e. The van der Waals surface area contributed by atoms with Crippen molar-refractivity contribution in [3.63, 3.8) is 0 Å².